The van der Waals surface area contributed by atoms with Gasteiger partial charge in [-0.15, -0.1) is 0 Å². The summed E-state index contributed by atoms with van der Waals surface area (Å²) in [6.45, 7) is 9.06. The number of alkyl halides is 6. The third-order valence-electron chi connectivity index (χ3n) is 4.61. The minimum atomic E-state index is -5.98. The fraction of sp³-hybridized carbons (Fsp3) is 0.217. The summed E-state index contributed by atoms with van der Waals surface area (Å²) in [5, 5.41) is 0. The molecule has 0 atom stereocenters. The minimum absolute atomic E-state index is 0.00295. The normalized spacial score (nSPS) is 12.1. The molecule has 0 unspecified atom stereocenters. The highest BCUT2D eigenvalue weighted by Gasteiger charge is 2.72. The smallest absolute Gasteiger partial charge is 0.411 e. The molecule has 182 valence electrons. The van der Waals surface area contributed by atoms with E-state index in [9.17, 15) is 40.3 Å². The van der Waals surface area contributed by atoms with E-state index in [1.165, 1.54) is 13.8 Å². The molecule has 2 aromatic carbocycles. The third kappa shape index (κ3) is 4.97. The van der Waals surface area contributed by atoms with Crippen molar-refractivity contribution in [2.24, 2.45) is 0 Å². The predicted octanol–water partition coefficient (Wildman–Crippen LogP) is 6.20. The van der Waals surface area contributed by atoms with Crippen LogP contribution in [0.1, 0.15) is 25.0 Å². The summed E-state index contributed by atoms with van der Waals surface area (Å²) in [4.78, 5) is 23.1. The third-order valence-corrected chi connectivity index (χ3v) is 4.61. The number of ether oxygens (including phenoxy) is 2. The van der Waals surface area contributed by atoms with Crippen LogP contribution in [0.3, 0.4) is 0 Å². The van der Waals surface area contributed by atoms with Crippen LogP contribution in [0.4, 0.5) is 30.7 Å². The second kappa shape index (κ2) is 9.32. The highest BCUT2D eigenvalue weighted by molar-refractivity contribution is 5.89. The Morgan fingerprint density at radius 2 is 1.18 bits per heavy atom. The molecule has 0 spiro atoms. The Bertz CT molecular complexity index is 1120. The number of carbonyl (C=O) groups is 2. The number of hydrogen-bond donors (Lipinski definition) is 0. The first kappa shape index (κ1) is 26.6. The standard InChI is InChI=1S/C23H17F7O4/c1-12(2)19(31)33-16-8-5-14(6-9-16)21(22(25,26)27,23(28,29)30)15-7-10-18(17(24)11-15)34-20(32)13(3)4/h5-11H,1,3H2,2,4H3. The molecule has 0 bridgehead atoms. The Balaban J connectivity index is 2.69. The first-order chi connectivity index (χ1) is 15.5. The molecule has 0 aliphatic rings. The average molecular weight is 490 g/mol. The van der Waals surface area contributed by atoms with Gasteiger partial charge in [0.1, 0.15) is 5.75 Å². The molecule has 0 aliphatic heterocycles. The Hall–Kier alpha value is -3.63. The van der Waals surface area contributed by atoms with Crippen molar-refractivity contribution in [2.75, 3.05) is 0 Å². The van der Waals surface area contributed by atoms with E-state index in [0.29, 0.717) is 24.3 Å². The lowest BCUT2D eigenvalue weighted by atomic mass is 9.73. The van der Waals surface area contributed by atoms with E-state index in [1.54, 1.807) is 0 Å². The maximum atomic E-state index is 14.5. The van der Waals surface area contributed by atoms with Crippen LogP contribution >= 0.6 is 0 Å². The summed E-state index contributed by atoms with van der Waals surface area (Å²) in [6, 6.07) is 3.26. The molecule has 0 aromatic heterocycles. The molecule has 0 heterocycles. The van der Waals surface area contributed by atoms with Gasteiger partial charge in [0.25, 0.3) is 0 Å². The van der Waals surface area contributed by atoms with Gasteiger partial charge in [-0.05, 0) is 49.2 Å². The van der Waals surface area contributed by atoms with E-state index in [4.69, 9.17) is 4.74 Å². The van der Waals surface area contributed by atoms with Gasteiger partial charge in [0.05, 0.1) is 0 Å². The fourth-order valence-corrected chi connectivity index (χ4v) is 2.95. The molecular weight excluding hydrogens is 473 g/mol. The van der Waals surface area contributed by atoms with Gasteiger partial charge in [-0.2, -0.15) is 26.3 Å². The average Bonchev–Trinajstić information content (AvgIpc) is 2.69. The molecule has 0 saturated heterocycles. The van der Waals surface area contributed by atoms with Gasteiger partial charge in [-0.3, -0.25) is 0 Å². The highest BCUT2D eigenvalue weighted by Crippen LogP contribution is 2.56. The van der Waals surface area contributed by atoms with Crippen LogP contribution < -0.4 is 9.47 Å². The van der Waals surface area contributed by atoms with Crippen LogP contribution in [0.15, 0.2) is 66.8 Å². The quantitative estimate of drug-likeness (QED) is 0.210. The van der Waals surface area contributed by atoms with Crippen LogP contribution in [0, 0.1) is 5.82 Å². The molecule has 2 rings (SSSR count). The minimum Gasteiger partial charge on any atom is -0.423 e. The first-order valence-electron chi connectivity index (χ1n) is 9.31. The summed E-state index contributed by atoms with van der Waals surface area (Å²) in [5.74, 6) is -4.89. The first-order valence-corrected chi connectivity index (χ1v) is 9.31. The molecule has 34 heavy (non-hydrogen) atoms. The van der Waals surface area contributed by atoms with E-state index < -0.39 is 52.4 Å². The summed E-state index contributed by atoms with van der Waals surface area (Å²) in [5.41, 5.74) is -7.70. The SMILES string of the molecule is C=C(C)C(=O)Oc1ccc(C(c2ccc(OC(=O)C(=C)C)c(F)c2)(C(F)(F)F)C(F)(F)F)cc1. The zero-order valence-corrected chi connectivity index (χ0v) is 17.7. The zero-order valence-electron chi connectivity index (χ0n) is 17.7. The molecule has 0 saturated carbocycles. The second-order valence-electron chi connectivity index (χ2n) is 7.25. The van der Waals surface area contributed by atoms with Crippen molar-refractivity contribution in [3.8, 4) is 11.5 Å². The number of rotatable bonds is 6. The number of carbonyl (C=O) groups excluding carboxylic acids is 2. The van der Waals surface area contributed by atoms with Crippen LogP contribution in [-0.2, 0) is 15.0 Å². The molecule has 0 radical (unpaired) electrons. The lowest BCUT2D eigenvalue weighted by molar-refractivity contribution is -0.288. The molecule has 0 fully saturated rings. The fourth-order valence-electron chi connectivity index (χ4n) is 2.95. The number of halogens is 7. The van der Waals surface area contributed by atoms with Gasteiger partial charge < -0.3 is 9.47 Å². The van der Waals surface area contributed by atoms with Crippen molar-refractivity contribution in [2.45, 2.75) is 31.6 Å². The predicted molar refractivity (Wildman–Crippen MR) is 107 cm³/mol. The van der Waals surface area contributed by atoms with Crippen LogP contribution in [0.25, 0.3) is 0 Å². The van der Waals surface area contributed by atoms with Crippen molar-refractivity contribution in [3.63, 3.8) is 0 Å². The van der Waals surface area contributed by atoms with E-state index in [0.717, 1.165) is 12.1 Å². The van der Waals surface area contributed by atoms with Gasteiger partial charge in [0.2, 0.25) is 5.41 Å². The van der Waals surface area contributed by atoms with E-state index >= 15 is 0 Å². The van der Waals surface area contributed by atoms with Gasteiger partial charge >= 0.3 is 24.3 Å². The Kier molecular flexibility index (Phi) is 7.29. The molecular formula is C23H17F7O4. The Morgan fingerprint density at radius 3 is 1.59 bits per heavy atom. The van der Waals surface area contributed by atoms with Crippen molar-refractivity contribution in [1.29, 1.82) is 0 Å². The van der Waals surface area contributed by atoms with Crippen LogP contribution in [-0.4, -0.2) is 24.3 Å². The van der Waals surface area contributed by atoms with Crippen molar-refractivity contribution in [1.82, 2.24) is 0 Å². The van der Waals surface area contributed by atoms with Gasteiger partial charge in [-0.1, -0.05) is 31.4 Å². The molecule has 11 heteroatoms. The van der Waals surface area contributed by atoms with Crippen molar-refractivity contribution >= 4 is 11.9 Å². The number of hydrogen-bond acceptors (Lipinski definition) is 4. The van der Waals surface area contributed by atoms with Crippen molar-refractivity contribution in [3.05, 3.63) is 83.7 Å². The van der Waals surface area contributed by atoms with Gasteiger partial charge in [0.15, 0.2) is 11.6 Å². The van der Waals surface area contributed by atoms with E-state index in [-0.39, 0.29) is 23.0 Å². The second-order valence-corrected chi connectivity index (χ2v) is 7.25. The number of esters is 2. The summed E-state index contributed by atoms with van der Waals surface area (Å²) in [7, 11) is 0. The topological polar surface area (TPSA) is 52.6 Å². The summed E-state index contributed by atoms with van der Waals surface area (Å²) >= 11 is 0. The Labute approximate surface area is 189 Å². The molecule has 0 aliphatic carbocycles. The molecule has 4 nitrogen and oxygen atoms in total. The largest absolute Gasteiger partial charge is 0.423 e. The van der Waals surface area contributed by atoms with E-state index in [1.807, 2.05) is 0 Å². The Morgan fingerprint density at radius 1 is 0.735 bits per heavy atom. The van der Waals surface area contributed by atoms with Gasteiger partial charge in [0, 0.05) is 11.1 Å². The summed E-state index contributed by atoms with van der Waals surface area (Å²) in [6.07, 6.45) is -12.0. The van der Waals surface area contributed by atoms with Crippen molar-refractivity contribution < 1.29 is 49.8 Å². The highest BCUT2D eigenvalue weighted by atomic mass is 19.4. The maximum absolute atomic E-state index is 14.5. The lowest BCUT2D eigenvalue weighted by Crippen LogP contribution is -2.54. The van der Waals surface area contributed by atoms with Crippen LogP contribution in [0.5, 0.6) is 11.5 Å². The molecule has 0 amide bonds. The maximum Gasteiger partial charge on any atom is 0.411 e. The lowest BCUT2D eigenvalue weighted by Gasteiger charge is -2.38. The summed E-state index contributed by atoms with van der Waals surface area (Å²) < 4.78 is 109. The van der Waals surface area contributed by atoms with E-state index in [2.05, 4.69) is 17.9 Å². The van der Waals surface area contributed by atoms with Crippen LogP contribution in [0.2, 0.25) is 0 Å². The zero-order chi connectivity index (χ0) is 26.1. The van der Waals surface area contributed by atoms with Gasteiger partial charge in [-0.25, -0.2) is 14.0 Å². The molecule has 2 aromatic rings. The number of benzene rings is 2. The molecule has 0 N–H and O–H groups in total. The monoisotopic (exact) mass is 490 g/mol.